The Morgan fingerprint density at radius 2 is 2.45 bits per heavy atom. The average Bonchev–Trinajstić information content (AvgIpc) is 2.50. The van der Waals surface area contributed by atoms with Gasteiger partial charge < -0.3 is 5.32 Å². The third kappa shape index (κ3) is 1.80. The van der Waals surface area contributed by atoms with Gasteiger partial charge in [-0.15, -0.1) is 0 Å². The van der Waals surface area contributed by atoms with E-state index in [4.69, 9.17) is 0 Å². The van der Waals surface area contributed by atoms with Gasteiger partial charge in [-0.25, -0.2) is 0 Å². The second-order valence-electron chi connectivity index (χ2n) is 2.61. The molecule has 1 N–H and O–H groups in total. The van der Waals surface area contributed by atoms with E-state index in [0.29, 0.717) is 6.04 Å². The standard InChI is InChI=1S/C8H15N3/c1-4-11-6-5-8(10-11)7(2)9-3/h5-7,9H,4H2,1-3H3. The van der Waals surface area contributed by atoms with Gasteiger partial charge in [0.25, 0.3) is 0 Å². The van der Waals surface area contributed by atoms with Gasteiger partial charge in [-0.2, -0.15) is 5.10 Å². The molecule has 1 aromatic rings. The van der Waals surface area contributed by atoms with Crippen molar-refractivity contribution in [1.82, 2.24) is 15.1 Å². The van der Waals surface area contributed by atoms with Crippen LogP contribution in [-0.4, -0.2) is 16.8 Å². The zero-order valence-corrected chi connectivity index (χ0v) is 7.33. The summed E-state index contributed by atoms with van der Waals surface area (Å²) in [4.78, 5) is 0. The molecule has 62 valence electrons. The molecular formula is C8H15N3. The molecule has 0 spiro atoms. The van der Waals surface area contributed by atoms with E-state index >= 15 is 0 Å². The smallest absolute Gasteiger partial charge is 0.0791 e. The number of nitrogens with one attached hydrogen (secondary N) is 1. The molecule has 0 saturated heterocycles. The fourth-order valence-corrected chi connectivity index (χ4v) is 0.932. The lowest BCUT2D eigenvalue weighted by Crippen LogP contribution is -2.13. The van der Waals surface area contributed by atoms with Crippen LogP contribution in [0.15, 0.2) is 12.3 Å². The quantitative estimate of drug-likeness (QED) is 0.706. The molecule has 3 heteroatoms. The van der Waals surface area contributed by atoms with Gasteiger partial charge >= 0.3 is 0 Å². The zero-order chi connectivity index (χ0) is 8.27. The Labute approximate surface area is 67.4 Å². The van der Waals surface area contributed by atoms with E-state index in [1.807, 2.05) is 24.0 Å². The number of hydrogen-bond donors (Lipinski definition) is 1. The summed E-state index contributed by atoms with van der Waals surface area (Å²) in [6.07, 6.45) is 2.00. The molecule has 0 aliphatic carbocycles. The van der Waals surface area contributed by atoms with Crippen molar-refractivity contribution < 1.29 is 0 Å². The number of hydrogen-bond acceptors (Lipinski definition) is 2. The molecule has 0 aliphatic heterocycles. The van der Waals surface area contributed by atoms with Gasteiger partial charge in [0.2, 0.25) is 0 Å². The summed E-state index contributed by atoms with van der Waals surface area (Å²) in [5, 5.41) is 7.50. The van der Waals surface area contributed by atoms with E-state index in [1.54, 1.807) is 0 Å². The molecule has 11 heavy (non-hydrogen) atoms. The summed E-state index contributed by atoms with van der Waals surface area (Å²) >= 11 is 0. The molecular weight excluding hydrogens is 138 g/mol. The van der Waals surface area contributed by atoms with E-state index < -0.39 is 0 Å². The monoisotopic (exact) mass is 153 g/mol. The maximum Gasteiger partial charge on any atom is 0.0791 e. The molecule has 1 unspecified atom stereocenters. The van der Waals surface area contributed by atoms with Gasteiger partial charge in [-0.3, -0.25) is 4.68 Å². The summed E-state index contributed by atoms with van der Waals surface area (Å²) < 4.78 is 1.93. The number of aromatic nitrogens is 2. The molecule has 0 bridgehead atoms. The maximum atomic E-state index is 4.35. The Kier molecular flexibility index (Phi) is 2.65. The first kappa shape index (κ1) is 8.27. The van der Waals surface area contributed by atoms with Crippen LogP contribution in [0.25, 0.3) is 0 Å². The third-order valence-corrected chi connectivity index (χ3v) is 1.86. The molecule has 1 aromatic heterocycles. The van der Waals surface area contributed by atoms with E-state index in [9.17, 15) is 0 Å². The predicted molar refractivity (Wildman–Crippen MR) is 45.4 cm³/mol. The van der Waals surface area contributed by atoms with Crippen molar-refractivity contribution in [2.45, 2.75) is 26.4 Å². The number of nitrogens with zero attached hydrogens (tertiary/aromatic N) is 2. The molecule has 1 atom stereocenters. The first-order valence-corrected chi connectivity index (χ1v) is 3.98. The van der Waals surface area contributed by atoms with Gasteiger partial charge in [0, 0.05) is 18.8 Å². The van der Waals surface area contributed by atoms with Crippen LogP contribution in [-0.2, 0) is 6.54 Å². The highest BCUT2D eigenvalue weighted by Gasteiger charge is 2.04. The Balaban J connectivity index is 2.71. The fourth-order valence-electron chi connectivity index (χ4n) is 0.932. The minimum atomic E-state index is 0.350. The Morgan fingerprint density at radius 1 is 1.73 bits per heavy atom. The molecule has 1 rings (SSSR count). The third-order valence-electron chi connectivity index (χ3n) is 1.86. The molecule has 0 aliphatic rings. The molecule has 0 amide bonds. The first-order valence-electron chi connectivity index (χ1n) is 3.98. The van der Waals surface area contributed by atoms with Crippen molar-refractivity contribution in [3.8, 4) is 0 Å². The van der Waals surface area contributed by atoms with Crippen molar-refractivity contribution in [3.63, 3.8) is 0 Å². The van der Waals surface area contributed by atoms with Crippen molar-refractivity contribution in [3.05, 3.63) is 18.0 Å². The van der Waals surface area contributed by atoms with E-state index in [0.717, 1.165) is 12.2 Å². The van der Waals surface area contributed by atoms with Crippen LogP contribution >= 0.6 is 0 Å². The van der Waals surface area contributed by atoms with Crippen LogP contribution in [0.5, 0.6) is 0 Å². The number of aryl methyl sites for hydroxylation is 1. The van der Waals surface area contributed by atoms with E-state index in [2.05, 4.69) is 24.3 Å². The maximum absolute atomic E-state index is 4.35. The summed E-state index contributed by atoms with van der Waals surface area (Å²) in [7, 11) is 1.94. The highest BCUT2D eigenvalue weighted by molar-refractivity contribution is 5.03. The minimum Gasteiger partial charge on any atom is -0.312 e. The van der Waals surface area contributed by atoms with Crippen LogP contribution in [0.4, 0.5) is 0 Å². The Bertz CT molecular complexity index is 217. The molecule has 0 radical (unpaired) electrons. The lowest BCUT2D eigenvalue weighted by Gasteiger charge is -2.04. The fraction of sp³-hybridized carbons (Fsp3) is 0.625. The number of rotatable bonds is 3. The topological polar surface area (TPSA) is 29.9 Å². The molecule has 0 aromatic carbocycles. The van der Waals surface area contributed by atoms with Crippen LogP contribution in [0.3, 0.4) is 0 Å². The van der Waals surface area contributed by atoms with E-state index in [-0.39, 0.29) is 0 Å². The lowest BCUT2D eigenvalue weighted by atomic mass is 10.2. The van der Waals surface area contributed by atoms with Crippen LogP contribution < -0.4 is 5.32 Å². The van der Waals surface area contributed by atoms with Crippen molar-refractivity contribution in [2.75, 3.05) is 7.05 Å². The van der Waals surface area contributed by atoms with Crippen molar-refractivity contribution >= 4 is 0 Å². The van der Waals surface area contributed by atoms with Gasteiger partial charge in [0.15, 0.2) is 0 Å². The van der Waals surface area contributed by atoms with Crippen LogP contribution in [0, 0.1) is 0 Å². The van der Waals surface area contributed by atoms with E-state index in [1.165, 1.54) is 0 Å². The molecule has 3 nitrogen and oxygen atoms in total. The highest BCUT2D eigenvalue weighted by atomic mass is 15.3. The summed E-state index contributed by atoms with van der Waals surface area (Å²) in [5.41, 5.74) is 1.11. The van der Waals surface area contributed by atoms with Crippen LogP contribution in [0.2, 0.25) is 0 Å². The van der Waals surface area contributed by atoms with Crippen molar-refractivity contribution in [2.24, 2.45) is 0 Å². The van der Waals surface area contributed by atoms with Gasteiger partial charge in [0.05, 0.1) is 5.69 Å². The van der Waals surface area contributed by atoms with Gasteiger partial charge in [-0.05, 0) is 27.0 Å². The zero-order valence-electron chi connectivity index (χ0n) is 7.33. The molecule has 1 heterocycles. The summed E-state index contributed by atoms with van der Waals surface area (Å²) in [6, 6.07) is 2.40. The average molecular weight is 153 g/mol. The lowest BCUT2D eigenvalue weighted by molar-refractivity contribution is 0.588. The Morgan fingerprint density at radius 3 is 2.91 bits per heavy atom. The van der Waals surface area contributed by atoms with Crippen LogP contribution in [0.1, 0.15) is 25.6 Å². The second kappa shape index (κ2) is 3.53. The Hall–Kier alpha value is -0.830. The molecule has 0 saturated carbocycles. The first-order chi connectivity index (χ1) is 5.27. The summed E-state index contributed by atoms with van der Waals surface area (Å²) in [6.45, 7) is 5.12. The van der Waals surface area contributed by atoms with Gasteiger partial charge in [0.1, 0.15) is 0 Å². The normalized spacial score (nSPS) is 13.4. The van der Waals surface area contributed by atoms with Gasteiger partial charge in [-0.1, -0.05) is 0 Å². The van der Waals surface area contributed by atoms with Crippen molar-refractivity contribution in [1.29, 1.82) is 0 Å². The predicted octanol–water partition coefficient (Wildman–Crippen LogP) is 1.18. The summed E-state index contributed by atoms with van der Waals surface area (Å²) in [5.74, 6) is 0. The second-order valence-corrected chi connectivity index (χ2v) is 2.61. The molecule has 0 fully saturated rings. The highest BCUT2D eigenvalue weighted by Crippen LogP contribution is 2.07. The minimum absolute atomic E-state index is 0.350. The SMILES string of the molecule is CCn1ccc(C(C)NC)n1. The largest absolute Gasteiger partial charge is 0.312 e.